The van der Waals surface area contributed by atoms with E-state index in [0.717, 1.165) is 11.3 Å². The fourth-order valence-electron chi connectivity index (χ4n) is 3.09. The van der Waals surface area contributed by atoms with Gasteiger partial charge in [0.1, 0.15) is 21.7 Å². The van der Waals surface area contributed by atoms with Crippen LogP contribution in [0, 0.1) is 11.7 Å². The number of nitrogens with zero attached hydrogens (tertiary/aromatic N) is 1. The number of hydrogen-bond donors (Lipinski definition) is 2. The maximum atomic E-state index is 13.5. The lowest BCUT2D eigenvalue weighted by molar-refractivity contribution is -0.121. The molecule has 0 unspecified atom stereocenters. The number of thiazole rings is 1. The maximum absolute atomic E-state index is 13.5. The summed E-state index contributed by atoms with van der Waals surface area (Å²) in [6.45, 7) is 0.901. The molecular weight excluding hydrogens is 369 g/mol. The molecule has 0 radical (unpaired) electrons. The second-order valence-corrected chi connectivity index (χ2v) is 7.42. The minimum atomic E-state index is -0.617. The summed E-state index contributed by atoms with van der Waals surface area (Å²) < 4.78 is 18.8. The lowest BCUT2D eigenvalue weighted by Crippen LogP contribution is -2.44. The minimum Gasteiger partial charge on any atom is -0.379 e. The SMILES string of the molecule is O=C(N[C@H]1C(=O)N[C@@H]2COC[C@@H]21)c1cnc(-c2cc(F)cc(Cl)c2)s1. The van der Waals surface area contributed by atoms with Crippen LogP contribution in [0.5, 0.6) is 0 Å². The molecule has 25 heavy (non-hydrogen) atoms. The summed E-state index contributed by atoms with van der Waals surface area (Å²) in [7, 11) is 0. The molecule has 130 valence electrons. The molecule has 2 fully saturated rings. The van der Waals surface area contributed by atoms with Crippen LogP contribution in [0.2, 0.25) is 5.02 Å². The second kappa shape index (κ2) is 6.36. The van der Waals surface area contributed by atoms with Gasteiger partial charge in [-0.25, -0.2) is 9.37 Å². The van der Waals surface area contributed by atoms with Crippen LogP contribution in [-0.2, 0) is 9.53 Å². The predicted molar refractivity (Wildman–Crippen MR) is 90.0 cm³/mol. The van der Waals surface area contributed by atoms with Gasteiger partial charge in [-0.05, 0) is 18.2 Å². The van der Waals surface area contributed by atoms with Gasteiger partial charge < -0.3 is 15.4 Å². The highest BCUT2D eigenvalue weighted by Gasteiger charge is 2.46. The number of benzene rings is 1. The van der Waals surface area contributed by atoms with Crippen molar-refractivity contribution in [3.8, 4) is 10.6 Å². The molecule has 3 heterocycles. The van der Waals surface area contributed by atoms with Gasteiger partial charge in [-0.1, -0.05) is 11.6 Å². The number of amides is 2. The molecule has 1 aromatic carbocycles. The number of rotatable bonds is 3. The molecule has 0 spiro atoms. The average Bonchev–Trinajstić information content (AvgIpc) is 3.25. The average molecular weight is 382 g/mol. The van der Waals surface area contributed by atoms with Crippen LogP contribution in [0.25, 0.3) is 10.6 Å². The van der Waals surface area contributed by atoms with E-state index in [9.17, 15) is 14.0 Å². The summed E-state index contributed by atoms with van der Waals surface area (Å²) in [4.78, 5) is 29.0. The first-order valence-electron chi connectivity index (χ1n) is 7.62. The van der Waals surface area contributed by atoms with E-state index >= 15 is 0 Å². The third kappa shape index (κ3) is 3.12. The van der Waals surface area contributed by atoms with Crippen molar-refractivity contribution in [2.75, 3.05) is 13.2 Å². The highest BCUT2D eigenvalue weighted by atomic mass is 35.5. The van der Waals surface area contributed by atoms with Crippen molar-refractivity contribution >= 4 is 34.8 Å². The Morgan fingerprint density at radius 3 is 3.04 bits per heavy atom. The Hall–Kier alpha value is -2.03. The first-order chi connectivity index (χ1) is 12.0. The third-order valence-corrected chi connectivity index (χ3v) is 5.55. The van der Waals surface area contributed by atoms with Crippen molar-refractivity contribution in [2.45, 2.75) is 12.1 Å². The Labute approximate surface area is 151 Å². The first-order valence-corrected chi connectivity index (χ1v) is 8.82. The Balaban J connectivity index is 1.52. The van der Waals surface area contributed by atoms with Crippen LogP contribution < -0.4 is 10.6 Å². The summed E-state index contributed by atoms with van der Waals surface area (Å²) in [5.41, 5.74) is 0.497. The molecule has 2 amide bonds. The van der Waals surface area contributed by atoms with Crippen LogP contribution in [0.4, 0.5) is 4.39 Å². The van der Waals surface area contributed by atoms with Gasteiger partial charge in [0.05, 0.1) is 25.5 Å². The summed E-state index contributed by atoms with van der Waals surface area (Å²) >= 11 is 6.96. The van der Waals surface area contributed by atoms with Crippen LogP contribution >= 0.6 is 22.9 Å². The summed E-state index contributed by atoms with van der Waals surface area (Å²) in [6.07, 6.45) is 1.41. The van der Waals surface area contributed by atoms with E-state index in [2.05, 4.69) is 15.6 Å². The summed E-state index contributed by atoms with van der Waals surface area (Å²) in [5, 5.41) is 6.29. The molecule has 0 aliphatic carbocycles. The lowest BCUT2D eigenvalue weighted by atomic mass is 10.00. The van der Waals surface area contributed by atoms with E-state index in [4.69, 9.17) is 16.3 Å². The van der Waals surface area contributed by atoms with Crippen LogP contribution in [-0.4, -0.2) is 42.1 Å². The second-order valence-electron chi connectivity index (χ2n) is 5.96. The number of carbonyl (C=O) groups excluding carboxylic acids is 2. The summed E-state index contributed by atoms with van der Waals surface area (Å²) in [5.74, 6) is -1.13. The van der Waals surface area contributed by atoms with Crippen molar-refractivity contribution in [3.63, 3.8) is 0 Å². The Morgan fingerprint density at radius 1 is 1.40 bits per heavy atom. The number of hydrogen-bond acceptors (Lipinski definition) is 5. The zero-order chi connectivity index (χ0) is 17.6. The molecule has 0 saturated carbocycles. The number of halogens is 2. The predicted octanol–water partition coefficient (Wildman–Crippen LogP) is 1.85. The van der Waals surface area contributed by atoms with Gasteiger partial charge in [0.15, 0.2) is 0 Å². The minimum absolute atomic E-state index is 0.0516. The molecule has 1 aromatic heterocycles. The lowest BCUT2D eigenvalue weighted by Gasteiger charge is -2.14. The molecule has 2 aliphatic heterocycles. The highest BCUT2D eigenvalue weighted by molar-refractivity contribution is 7.16. The molecule has 0 bridgehead atoms. The monoisotopic (exact) mass is 381 g/mol. The van der Waals surface area contributed by atoms with Gasteiger partial charge in [-0.3, -0.25) is 9.59 Å². The highest BCUT2D eigenvalue weighted by Crippen LogP contribution is 2.29. The number of ether oxygens (including phenoxy) is 1. The molecule has 2 aliphatic rings. The fraction of sp³-hybridized carbons (Fsp3) is 0.312. The standard InChI is InChI=1S/C16H13ClFN3O3S/c17-8-1-7(2-9(18)3-8)16-19-4-12(25-16)14(22)21-13-10-5-24-6-11(10)20-15(13)23/h1-4,10-11,13H,5-6H2,(H,20,23)(H,21,22)/t10-,11+,13+/m0/s1. The molecular formula is C16H13ClFN3O3S. The van der Waals surface area contributed by atoms with Gasteiger partial charge in [0, 0.05) is 16.5 Å². The fourth-order valence-corrected chi connectivity index (χ4v) is 4.12. The molecule has 4 rings (SSSR count). The van der Waals surface area contributed by atoms with Crippen molar-refractivity contribution < 1.29 is 18.7 Å². The topological polar surface area (TPSA) is 80.3 Å². The van der Waals surface area contributed by atoms with Gasteiger partial charge in [-0.2, -0.15) is 0 Å². The van der Waals surface area contributed by atoms with Crippen molar-refractivity contribution in [1.82, 2.24) is 15.6 Å². The maximum Gasteiger partial charge on any atom is 0.263 e. The van der Waals surface area contributed by atoms with Crippen LogP contribution in [0.1, 0.15) is 9.67 Å². The van der Waals surface area contributed by atoms with E-state index in [1.807, 2.05) is 0 Å². The van der Waals surface area contributed by atoms with E-state index < -0.39 is 11.9 Å². The number of aromatic nitrogens is 1. The van der Waals surface area contributed by atoms with Gasteiger partial charge in [0.25, 0.3) is 5.91 Å². The first kappa shape index (κ1) is 16.4. The molecule has 2 saturated heterocycles. The van der Waals surface area contributed by atoms with Gasteiger partial charge in [0.2, 0.25) is 5.91 Å². The number of nitrogens with one attached hydrogen (secondary N) is 2. The zero-order valence-electron chi connectivity index (χ0n) is 12.8. The number of fused-ring (bicyclic) bond motifs is 1. The Morgan fingerprint density at radius 2 is 2.24 bits per heavy atom. The van der Waals surface area contributed by atoms with Crippen molar-refractivity contribution in [3.05, 3.63) is 40.1 Å². The quantitative estimate of drug-likeness (QED) is 0.850. The number of carbonyl (C=O) groups is 2. The largest absolute Gasteiger partial charge is 0.379 e. The van der Waals surface area contributed by atoms with Crippen LogP contribution in [0.3, 0.4) is 0 Å². The van der Waals surface area contributed by atoms with E-state index in [-0.39, 0.29) is 28.8 Å². The molecule has 2 aromatic rings. The van der Waals surface area contributed by atoms with Crippen molar-refractivity contribution in [2.24, 2.45) is 5.92 Å². The van der Waals surface area contributed by atoms with E-state index in [1.54, 1.807) is 6.07 Å². The van der Waals surface area contributed by atoms with E-state index in [0.29, 0.717) is 28.7 Å². The normalized spacial score (nSPS) is 24.9. The molecule has 9 heteroatoms. The smallest absolute Gasteiger partial charge is 0.263 e. The van der Waals surface area contributed by atoms with Crippen LogP contribution in [0.15, 0.2) is 24.4 Å². The van der Waals surface area contributed by atoms with E-state index in [1.165, 1.54) is 18.3 Å². The summed E-state index contributed by atoms with van der Waals surface area (Å²) in [6, 6.07) is 3.41. The van der Waals surface area contributed by atoms with Gasteiger partial charge >= 0.3 is 0 Å². The van der Waals surface area contributed by atoms with Crippen molar-refractivity contribution in [1.29, 1.82) is 0 Å². The molecule has 3 atom stereocenters. The Bertz CT molecular complexity index is 839. The molecule has 6 nitrogen and oxygen atoms in total. The zero-order valence-corrected chi connectivity index (χ0v) is 14.4. The molecule has 2 N–H and O–H groups in total. The Kier molecular flexibility index (Phi) is 4.18. The van der Waals surface area contributed by atoms with Gasteiger partial charge in [-0.15, -0.1) is 11.3 Å². The third-order valence-electron chi connectivity index (χ3n) is 4.29.